The topological polar surface area (TPSA) is 0 Å². The molecule has 4 heteroatoms. The second-order valence-electron chi connectivity index (χ2n) is 0. The first-order chi connectivity index (χ1) is 0. The summed E-state index contributed by atoms with van der Waals surface area (Å²) >= 11 is 0. The molecule has 0 spiro atoms. The Bertz CT molecular complexity index is 11.6. The van der Waals surface area contributed by atoms with Crippen LogP contribution in [0.1, 0.15) is 7.43 Å². The molecular formula is CH4AlBGeSi. The van der Waals surface area contributed by atoms with E-state index in [0.29, 0.717) is 0 Å². The Labute approximate surface area is 61.8 Å². The molecule has 0 aliphatic heterocycles. The van der Waals surface area contributed by atoms with Crippen molar-refractivity contribution >= 4 is 54.3 Å². The van der Waals surface area contributed by atoms with E-state index in [-0.39, 0.29) is 61.8 Å². The second kappa shape index (κ2) is 55.2. The van der Waals surface area contributed by atoms with Crippen LogP contribution in [0.3, 0.4) is 0 Å². The van der Waals surface area contributed by atoms with Crippen molar-refractivity contribution in [1.82, 2.24) is 0 Å². The Morgan fingerprint density at radius 3 is 1.00 bits per heavy atom. The van der Waals surface area contributed by atoms with Crippen LogP contribution in [-0.4, -0.2) is 54.3 Å². The van der Waals surface area contributed by atoms with E-state index in [1.165, 1.54) is 0 Å². The van der Waals surface area contributed by atoms with Gasteiger partial charge >= 0.3 is 0 Å². The minimum Gasteiger partial charge on any atom is -0.0776 e. The van der Waals surface area contributed by atoms with Crippen molar-refractivity contribution in [3.05, 3.63) is 0 Å². The Morgan fingerprint density at radius 2 is 1.00 bits per heavy atom. The van der Waals surface area contributed by atoms with Gasteiger partial charge < -0.3 is 0 Å². The molecule has 14 radical (unpaired) electrons. The van der Waals surface area contributed by atoms with Crippen molar-refractivity contribution in [2.45, 2.75) is 7.43 Å². The molecular weight excluding hydrogens is 151 g/mol. The molecule has 22 valence electrons. The van der Waals surface area contributed by atoms with Crippen LogP contribution in [0.2, 0.25) is 0 Å². The van der Waals surface area contributed by atoms with E-state index >= 15 is 0 Å². The van der Waals surface area contributed by atoms with Crippen molar-refractivity contribution in [2.24, 2.45) is 0 Å². The number of hydrogen-bond acceptors (Lipinski definition) is 0. The molecule has 0 nitrogen and oxygen atoms in total. The normalized spacial score (nSPS) is 0. The standard InChI is InChI=1S/CH4.Al.B.Ge.Si/h1H4;;;;. The van der Waals surface area contributed by atoms with E-state index < -0.39 is 0 Å². The third-order valence-corrected chi connectivity index (χ3v) is 0. The summed E-state index contributed by atoms with van der Waals surface area (Å²) < 4.78 is 0. The van der Waals surface area contributed by atoms with Crippen LogP contribution in [0.25, 0.3) is 0 Å². The van der Waals surface area contributed by atoms with Gasteiger partial charge in [-0.05, 0) is 0 Å². The minimum atomic E-state index is 0. The quantitative estimate of drug-likeness (QED) is 0.398. The van der Waals surface area contributed by atoms with Gasteiger partial charge in [-0.1, -0.05) is 7.43 Å². The van der Waals surface area contributed by atoms with E-state index in [9.17, 15) is 0 Å². The molecule has 0 saturated carbocycles. The average molecular weight is 155 g/mol. The molecule has 0 fully saturated rings. The first-order valence-corrected chi connectivity index (χ1v) is 0. The van der Waals surface area contributed by atoms with Crippen molar-refractivity contribution in [3.63, 3.8) is 0 Å². The van der Waals surface area contributed by atoms with Crippen LogP contribution in [0.15, 0.2) is 0 Å². The van der Waals surface area contributed by atoms with Gasteiger partial charge in [0.15, 0.2) is 0 Å². The smallest absolute Gasteiger partial charge is 0 e. The van der Waals surface area contributed by atoms with Crippen molar-refractivity contribution < 1.29 is 0 Å². The van der Waals surface area contributed by atoms with Crippen LogP contribution in [0.5, 0.6) is 0 Å². The Kier molecular flexibility index (Phi) is 1090. The second-order valence-corrected chi connectivity index (χ2v) is 0. The van der Waals surface area contributed by atoms with E-state index in [1.807, 2.05) is 0 Å². The van der Waals surface area contributed by atoms with Gasteiger partial charge in [-0.15, -0.1) is 0 Å². The van der Waals surface area contributed by atoms with E-state index in [0.717, 1.165) is 0 Å². The molecule has 0 rings (SSSR count). The zero-order chi connectivity index (χ0) is 0. The third-order valence-electron chi connectivity index (χ3n) is 0. The molecule has 0 aliphatic carbocycles. The van der Waals surface area contributed by atoms with Gasteiger partial charge in [-0.2, -0.15) is 0 Å². The van der Waals surface area contributed by atoms with Crippen molar-refractivity contribution in [1.29, 1.82) is 0 Å². The molecule has 0 aromatic rings. The first-order valence-electron chi connectivity index (χ1n) is 0. The zero-order valence-electron chi connectivity index (χ0n) is 2.15. The van der Waals surface area contributed by atoms with E-state index in [1.54, 1.807) is 0 Å². The Hall–Kier alpha value is 1.36. The maximum atomic E-state index is 0. The zero-order valence-corrected chi connectivity index (χ0v) is 6.41. The fraction of sp³-hybridized carbons (Fsp3) is 1.00. The molecule has 0 aliphatic rings. The largest absolute Gasteiger partial charge is 0.0776 e. The van der Waals surface area contributed by atoms with Gasteiger partial charge in [-0.25, -0.2) is 0 Å². The summed E-state index contributed by atoms with van der Waals surface area (Å²) in [5.41, 5.74) is 0. The summed E-state index contributed by atoms with van der Waals surface area (Å²) in [5.74, 6) is 0. The molecule has 0 atom stereocenters. The van der Waals surface area contributed by atoms with Gasteiger partial charge in [0.05, 0.1) is 0 Å². The van der Waals surface area contributed by atoms with Gasteiger partial charge in [0, 0.05) is 54.3 Å². The molecule has 0 bridgehead atoms. The average Bonchev–Trinajstić information content (AvgIpc) is 0. The van der Waals surface area contributed by atoms with E-state index in [2.05, 4.69) is 0 Å². The summed E-state index contributed by atoms with van der Waals surface area (Å²) in [5, 5.41) is 0. The van der Waals surface area contributed by atoms with Gasteiger partial charge in [0.1, 0.15) is 0 Å². The molecule has 0 unspecified atom stereocenters. The minimum absolute atomic E-state index is 0. The summed E-state index contributed by atoms with van der Waals surface area (Å²) in [6.45, 7) is 0. The number of hydrogen-bond donors (Lipinski definition) is 0. The van der Waals surface area contributed by atoms with E-state index in [4.69, 9.17) is 0 Å². The van der Waals surface area contributed by atoms with Crippen LogP contribution < -0.4 is 0 Å². The monoisotopic (exact) mass is 156 g/mol. The van der Waals surface area contributed by atoms with Gasteiger partial charge in [0.2, 0.25) is 0 Å². The fourth-order valence-electron chi connectivity index (χ4n) is 0. The van der Waals surface area contributed by atoms with Crippen molar-refractivity contribution in [2.75, 3.05) is 0 Å². The van der Waals surface area contributed by atoms with Crippen LogP contribution >= 0.6 is 0 Å². The predicted octanol–water partition coefficient (Wildman–Crippen LogP) is -0.887. The molecule has 0 saturated heterocycles. The summed E-state index contributed by atoms with van der Waals surface area (Å²) in [6, 6.07) is 0. The van der Waals surface area contributed by atoms with Crippen LogP contribution in [0.4, 0.5) is 0 Å². The van der Waals surface area contributed by atoms with Gasteiger partial charge in [-0.3, -0.25) is 0 Å². The molecule has 0 heterocycles. The SMILES string of the molecule is C.[Al].[B].[Ge].[Si]. The number of rotatable bonds is 0. The molecule has 0 N–H and O–H groups in total. The summed E-state index contributed by atoms with van der Waals surface area (Å²) in [7, 11) is 0. The third kappa shape index (κ3) is 32.8. The fourth-order valence-corrected chi connectivity index (χ4v) is 0. The molecule has 0 amide bonds. The Morgan fingerprint density at radius 1 is 1.00 bits per heavy atom. The Balaban J connectivity index is 0. The first kappa shape index (κ1) is 99.1. The van der Waals surface area contributed by atoms with Gasteiger partial charge in [0.25, 0.3) is 0 Å². The van der Waals surface area contributed by atoms with Crippen LogP contribution in [0, 0.1) is 0 Å². The van der Waals surface area contributed by atoms with Crippen LogP contribution in [-0.2, 0) is 0 Å². The predicted molar refractivity (Wildman–Crippen MR) is 29.7 cm³/mol. The maximum absolute atomic E-state index is 0. The van der Waals surface area contributed by atoms with Crippen molar-refractivity contribution in [3.8, 4) is 0 Å². The summed E-state index contributed by atoms with van der Waals surface area (Å²) in [4.78, 5) is 0. The summed E-state index contributed by atoms with van der Waals surface area (Å²) in [6.07, 6.45) is 0. The molecule has 5 heavy (non-hydrogen) atoms. The maximum Gasteiger partial charge on any atom is 0 e. The molecule has 0 aromatic carbocycles. The molecule has 0 aromatic heterocycles.